The number of benzene rings is 1. The minimum atomic E-state index is 0.0517. The lowest BCUT2D eigenvalue weighted by Gasteiger charge is -2.14. The van der Waals surface area contributed by atoms with Crippen molar-refractivity contribution in [3.05, 3.63) is 60.1 Å². The second-order valence-electron chi connectivity index (χ2n) is 4.40. The zero-order chi connectivity index (χ0) is 14.5. The van der Waals surface area contributed by atoms with Crippen molar-refractivity contribution in [3.63, 3.8) is 0 Å². The van der Waals surface area contributed by atoms with E-state index in [-0.39, 0.29) is 5.91 Å². The van der Waals surface area contributed by atoms with Gasteiger partial charge >= 0.3 is 0 Å². The summed E-state index contributed by atoms with van der Waals surface area (Å²) in [6.45, 7) is 0.516. The first-order valence-corrected chi connectivity index (χ1v) is 7.43. The van der Waals surface area contributed by atoms with Crippen LogP contribution in [0.4, 0.5) is 0 Å². The normalized spacial score (nSPS) is 17.2. The Morgan fingerprint density at radius 3 is 2.86 bits per heavy atom. The van der Waals surface area contributed by atoms with Gasteiger partial charge in [-0.15, -0.1) is 5.10 Å². The van der Waals surface area contributed by atoms with E-state index in [0.29, 0.717) is 23.2 Å². The van der Waals surface area contributed by atoms with Gasteiger partial charge in [0.25, 0.3) is 0 Å². The van der Waals surface area contributed by atoms with Crippen molar-refractivity contribution in [3.8, 4) is 0 Å². The molecular weight excluding hydrogens is 286 g/mol. The molecule has 2 aromatic rings. The summed E-state index contributed by atoms with van der Waals surface area (Å²) in [5.74, 6) is 1.08. The molecule has 1 saturated heterocycles. The Morgan fingerprint density at radius 1 is 1.24 bits per heavy atom. The van der Waals surface area contributed by atoms with E-state index in [0.717, 1.165) is 5.56 Å². The molecule has 0 atom stereocenters. The van der Waals surface area contributed by atoms with Crippen LogP contribution in [0.2, 0.25) is 0 Å². The molecular formula is C15H13N3O2S. The largest absolute Gasteiger partial charge is 0.463 e. The Labute approximate surface area is 126 Å². The number of rotatable bonds is 4. The third kappa shape index (κ3) is 3.41. The fraction of sp³-hybridized carbons (Fsp3) is 0.133. The van der Waals surface area contributed by atoms with Gasteiger partial charge in [0.1, 0.15) is 5.76 Å². The van der Waals surface area contributed by atoms with Crippen LogP contribution in [0.25, 0.3) is 0 Å². The molecule has 1 aromatic heterocycles. The molecule has 6 heteroatoms. The Balaban J connectivity index is 1.73. The lowest BCUT2D eigenvalue weighted by Crippen LogP contribution is -2.28. The average Bonchev–Trinajstić information content (AvgIpc) is 3.13. The molecule has 1 aliphatic heterocycles. The van der Waals surface area contributed by atoms with E-state index in [2.05, 4.69) is 10.2 Å². The molecule has 1 aliphatic rings. The third-order valence-electron chi connectivity index (χ3n) is 2.91. The maximum absolute atomic E-state index is 11.9. The molecule has 3 rings (SSSR count). The fourth-order valence-electron chi connectivity index (χ4n) is 1.89. The first-order chi connectivity index (χ1) is 10.3. The highest BCUT2D eigenvalue weighted by Crippen LogP contribution is 2.21. The number of thioether (sulfide) groups is 1. The lowest BCUT2D eigenvalue weighted by molar-refractivity contribution is -0.124. The number of carbonyl (C=O) groups is 1. The van der Waals surface area contributed by atoms with Crippen LogP contribution in [0.3, 0.4) is 0 Å². The van der Waals surface area contributed by atoms with Crippen molar-refractivity contribution in [1.29, 1.82) is 0 Å². The molecule has 5 nitrogen and oxygen atoms in total. The second-order valence-corrected chi connectivity index (χ2v) is 5.34. The standard InChI is InChI=1S/C15H13N3O2S/c19-14-11-21-15(17-16-9-13-7-4-8-20-13)18(14)10-12-5-2-1-3-6-12/h1-9H,10-11H2/b16-9+,17-15+. The number of furan rings is 1. The van der Waals surface area contributed by atoms with E-state index < -0.39 is 0 Å². The van der Waals surface area contributed by atoms with E-state index >= 15 is 0 Å². The highest BCUT2D eigenvalue weighted by molar-refractivity contribution is 8.15. The highest BCUT2D eigenvalue weighted by Gasteiger charge is 2.28. The van der Waals surface area contributed by atoms with Gasteiger partial charge in [-0.2, -0.15) is 5.10 Å². The molecule has 0 bridgehead atoms. The molecule has 2 heterocycles. The monoisotopic (exact) mass is 299 g/mol. The number of carbonyl (C=O) groups excluding carboxylic acids is 1. The summed E-state index contributed by atoms with van der Waals surface area (Å²) in [5, 5.41) is 8.71. The average molecular weight is 299 g/mol. The van der Waals surface area contributed by atoms with Crippen LogP contribution in [-0.2, 0) is 11.3 Å². The molecule has 21 heavy (non-hydrogen) atoms. The maximum atomic E-state index is 11.9. The van der Waals surface area contributed by atoms with E-state index in [1.54, 1.807) is 23.3 Å². The predicted octanol–water partition coefficient (Wildman–Crippen LogP) is 2.75. The zero-order valence-corrected chi connectivity index (χ0v) is 12.0. The summed E-state index contributed by atoms with van der Waals surface area (Å²) in [5.41, 5.74) is 1.07. The van der Waals surface area contributed by atoms with Gasteiger partial charge in [0, 0.05) is 0 Å². The molecule has 0 unspecified atom stereocenters. The number of hydrogen-bond acceptors (Lipinski definition) is 5. The molecule has 0 N–H and O–H groups in total. The Hall–Kier alpha value is -2.34. The summed E-state index contributed by atoms with van der Waals surface area (Å²) in [6.07, 6.45) is 3.10. The van der Waals surface area contributed by atoms with Gasteiger partial charge in [0.2, 0.25) is 5.91 Å². The molecule has 106 valence electrons. The molecule has 0 aliphatic carbocycles. The number of amides is 1. The number of amidine groups is 1. The van der Waals surface area contributed by atoms with E-state index in [1.165, 1.54) is 18.0 Å². The third-order valence-corrected chi connectivity index (χ3v) is 3.86. The number of nitrogens with zero attached hydrogens (tertiary/aromatic N) is 3. The second kappa shape index (κ2) is 6.41. The van der Waals surface area contributed by atoms with E-state index in [9.17, 15) is 4.79 Å². The molecule has 0 spiro atoms. The first-order valence-electron chi connectivity index (χ1n) is 6.44. The van der Waals surface area contributed by atoms with Gasteiger partial charge in [-0.3, -0.25) is 9.69 Å². The highest BCUT2D eigenvalue weighted by atomic mass is 32.2. The van der Waals surface area contributed by atoms with Gasteiger partial charge in [0.15, 0.2) is 5.17 Å². The topological polar surface area (TPSA) is 58.2 Å². The quantitative estimate of drug-likeness (QED) is 0.644. The molecule has 1 amide bonds. The lowest BCUT2D eigenvalue weighted by atomic mass is 10.2. The summed E-state index contributed by atoms with van der Waals surface area (Å²) in [7, 11) is 0. The Bertz CT molecular complexity index is 665. The van der Waals surface area contributed by atoms with Gasteiger partial charge in [-0.1, -0.05) is 42.1 Å². The van der Waals surface area contributed by atoms with Crippen molar-refractivity contribution in [2.45, 2.75) is 6.54 Å². The van der Waals surface area contributed by atoms with Crippen LogP contribution in [-0.4, -0.2) is 27.9 Å². The van der Waals surface area contributed by atoms with Crippen LogP contribution < -0.4 is 0 Å². The molecule has 0 radical (unpaired) electrons. The van der Waals surface area contributed by atoms with E-state index in [4.69, 9.17) is 4.42 Å². The van der Waals surface area contributed by atoms with Gasteiger partial charge in [-0.05, 0) is 17.7 Å². The molecule has 0 saturated carbocycles. The number of hydrogen-bond donors (Lipinski definition) is 0. The smallest absolute Gasteiger partial charge is 0.239 e. The summed E-state index contributed by atoms with van der Waals surface area (Å²) in [6, 6.07) is 13.4. The van der Waals surface area contributed by atoms with Crippen LogP contribution in [0.15, 0.2) is 63.3 Å². The van der Waals surface area contributed by atoms with Crippen LogP contribution >= 0.6 is 11.8 Å². The molecule has 1 fully saturated rings. The van der Waals surface area contributed by atoms with Crippen molar-refractivity contribution < 1.29 is 9.21 Å². The Kier molecular flexibility index (Phi) is 4.16. The Morgan fingerprint density at radius 2 is 2.10 bits per heavy atom. The predicted molar refractivity (Wildman–Crippen MR) is 83.2 cm³/mol. The first kappa shape index (κ1) is 13.6. The van der Waals surface area contributed by atoms with Crippen molar-refractivity contribution in [1.82, 2.24) is 4.90 Å². The van der Waals surface area contributed by atoms with Crippen molar-refractivity contribution in [2.75, 3.05) is 5.75 Å². The SMILES string of the molecule is O=C1CS/C(=N/N=C/c2ccco2)N1Cc1ccccc1. The van der Waals surface area contributed by atoms with Crippen LogP contribution in [0, 0.1) is 0 Å². The minimum Gasteiger partial charge on any atom is -0.463 e. The van der Waals surface area contributed by atoms with Gasteiger partial charge in [-0.25, -0.2) is 0 Å². The summed E-state index contributed by atoms with van der Waals surface area (Å²) < 4.78 is 5.14. The van der Waals surface area contributed by atoms with Gasteiger partial charge in [0.05, 0.1) is 24.8 Å². The summed E-state index contributed by atoms with van der Waals surface area (Å²) >= 11 is 1.40. The van der Waals surface area contributed by atoms with Crippen molar-refractivity contribution in [2.24, 2.45) is 10.2 Å². The van der Waals surface area contributed by atoms with Crippen LogP contribution in [0.1, 0.15) is 11.3 Å². The molecule has 1 aromatic carbocycles. The summed E-state index contributed by atoms with van der Waals surface area (Å²) in [4.78, 5) is 13.6. The maximum Gasteiger partial charge on any atom is 0.239 e. The van der Waals surface area contributed by atoms with E-state index in [1.807, 2.05) is 30.3 Å². The zero-order valence-electron chi connectivity index (χ0n) is 11.2. The minimum absolute atomic E-state index is 0.0517. The fourth-order valence-corrected chi connectivity index (χ4v) is 2.73. The van der Waals surface area contributed by atoms with Gasteiger partial charge < -0.3 is 4.42 Å². The van der Waals surface area contributed by atoms with Crippen LogP contribution in [0.5, 0.6) is 0 Å². The van der Waals surface area contributed by atoms with Crippen molar-refractivity contribution >= 4 is 29.1 Å².